The van der Waals surface area contributed by atoms with Crippen LogP contribution in [0.1, 0.15) is 19.3 Å². The second-order valence-corrected chi connectivity index (χ2v) is 5.27. The zero-order valence-electron chi connectivity index (χ0n) is 9.89. The van der Waals surface area contributed by atoms with Crippen LogP contribution in [-0.2, 0) is 9.53 Å². The van der Waals surface area contributed by atoms with Gasteiger partial charge in [0.2, 0.25) is 0 Å². The fourth-order valence-corrected chi connectivity index (χ4v) is 3.50. The fraction of sp³-hybridized carbons (Fsp3) is 0.917. The Labute approximate surface area is 96.5 Å². The first-order chi connectivity index (χ1) is 7.79. The number of fused-ring (bicyclic) bond motifs is 3. The van der Waals surface area contributed by atoms with E-state index in [2.05, 4.69) is 9.80 Å². The van der Waals surface area contributed by atoms with E-state index in [1.54, 1.807) is 0 Å². The summed E-state index contributed by atoms with van der Waals surface area (Å²) >= 11 is 0. The predicted molar refractivity (Wildman–Crippen MR) is 60.1 cm³/mol. The maximum atomic E-state index is 11.6. The van der Waals surface area contributed by atoms with Crippen LogP contribution in [0.4, 0.5) is 0 Å². The van der Waals surface area contributed by atoms with E-state index in [1.165, 1.54) is 33.0 Å². The molecule has 4 heteroatoms. The predicted octanol–water partition coefficient (Wildman–Crippen LogP) is 0.328. The van der Waals surface area contributed by atoms with E-state index in [9.17, 15) is 4.79 Å². The van der Waals surface area contributed by atoms with Crippen molar-refractivity contribution in [3.05, 3.63) is 0 Å². The van der Waals surface area contributed by atoms with Crippen LogP contribution in [-0.4, -0.2) is 61.1 Å². The Balaban J connectivity index is 1.67. The number of hydrogen-bond donors (Lipinski definition) is 0. The highest BCUT2D eigenvalue weighted by Gasteiger charge is 2.45. The molecule has 0 saturated carbocycles. The molecule has 0 aromatic rings. The van der Waals surface area contributed by atoms with E-state index >= 15 is 0 Å². The largest absolute Gasteiger partial charge is 0.468 e. The summed E-state index contributed by atoms with van der Waals surface area (Å²) < 4.78 is 4.86. The van der Waals surface area contributed by atoms with Crippen molar-refractivity contribution >= 4 is 5.97 Å². The summed E-state index contributed by atoms with van der Waals surface area (Å²) in [7, 11) is 1.50. The lowest BCUT2D eigenvalue weighted by atomic mass is 9.80. The lowest BCUT2D eigenvalue weighted by Gasteiger charge is -2.54. The van der Waals surface area contributed by atoms with Crippen molar-refractivity contribution in [3.8, 4) is 0 Å². The minimum atomic E-state index is -0.0392. The summed E-state index contributed by atoms with van der Waals surface area (Å²) in [4.78, 5) is 16.5. The highest BCUT2D eigenvalue weighted by atomic mass is 16.5. The van der Waals surface area contributed by atoms with Gasteiger partial charge in [-0.25, -0.2) is 0 Å². The van der Waals surface area contributed by atoms with E-state index in [1.807, 2.05) is 0 Å². The van der Waals surface area contributed by atoms with Crippen molar-refractivity contribution in [1.29, 1.82) is 0 Å². The molecule has 4 fully saturated rings. The smallest absolute Gasteiger partial charge is 0.323 e. The van der Waals surface area contributed by atoms with Gasteiger partial charge in [-0.1, -0.05) is 0 Å². The van der Waals surface area contributed by atoms with Gasteiger partial charge in [0, 0.05) is 19.1 Å². The second-order valence-electron chi connectivity index (χ2n) is 5.27. The van der Waals surface area contributed by atoms with E-state index < -0.39 is 0 Å². The number of rotatable bonds is 2. The molecule has 0 spiro atoms. The minimum Gasteiger partial charge on any atom is -0.468 e. The van der Waals surface area contributed by atoms with Crippen LogP contribution < -0.4 is 0 Å². The number of piperidine rings is 3. The summed E-state index contributed by atoms with van der Waals surface area (Å²) in [5, 5.41) is 0. The molecule has 0 aromatic carbocycles. The summed E-state index contributed by atoms with van der Waals surface area (Å²) in [5.74, 6) is 0.778. The molecule has 16 heavy (non-hydrogen) atoms. The molecule has 0 radical (unpaired) electrons. The maximum absolute atomic E-state index is 11.6. The summed E-state index contributed by atoms with van der Waals surface area (Å²) in [6.07, 6.45) is 3.61. The van der Waals surface area contributed by atoms with E-state index in [4.69, 9.17) is 4.74 Å². The monoisotopic (exact) mass is 224 g/mol. The zero-order chi connectivity index (χ0) is 11.1. The van der Waals surface area contributed by atoms with Crippen LogP contribution in [0.3, 0.4) is 0 Å². The van der Waals surface area contributed by atoms with Crippen LogP contribution in [0.2, 0.25) is 0 Å². The molecular formula is C12H20N2O2. The third-order valence-corrected chi connectivity index (χ3v) is 4.58. The molecule has 0 amide bonds. The molecule has 4 aliphatic rings. The Kier molecular flexibility index (Phi) is 2.64. The Bertz CT molecular complexity index is 287. The molecule has 0 aromatic heterocycles. The number of hydrogen-bond acceptors (Lipinski definition) is 4. The number of carbonyl (C=O) groups is 1. The Morgan fingerprint density at radius 3 is 2.38 bits per heavy atom. The molecule has 2 atom stereocenters. The molecule has 90 valence electrons. The second kappa shape index (κ2) is 4.00. The number of nitrogens with zero attached hydrogens (tertiary/aromatic N) is 2. The lowest BCUT2D eigenvalue weighted by Crippen LogP contribution is -2.65. The maximum Gasteiger partial charge on any atom is 0.323 e. The van der Waals surface area contributed by atoms with Crippen molar-refractivity contribution < 1.29 is 9.53 Å². The summed E-state index contributed by atoms with van der Waals surface area (Å²) in [5.41, 5.74) is 0. The van der Waals surface area contributed by atoms with Gasteiger partial charge in [-0.3, -0.25) is 9.69 Å². The molecule has 2 bridgehead atoms. The zero-order valence-corrected chi connectivity index (χ0v) is 9.89. The highest BCUT2D eigenvalue weighted by molar-refractivity contribution is 5.76. The third-order valence-electron chi connectivity index (χ3n) is 4.58. The quantitative estimate of drug-likeness (QED) is 0.633. The molecule has 2 unspecified atom stereocenters. The summed E-state index contributed by atoms with van der Waals surface area (Å²) in [6.45, 7) is 4.77. The van der Waals surface area contributed by atoms with Gasteiger partial charge in [0.05, 0.1) is 7.11 Å². The molecule has 0 N–H and O–H groups in total. The van der Waals surface area contributed by atoms with Gasteiger partial charge in [-0.2, -0.15) is 0 Å². The normalized spacial score (nSPS) is 42.8. The van der Waals surface area contributed by atoms with Gasteiger partial charge < -0.3 is 9.64 Å². The molecule has 4 nitrogen and oxygen atoms in total. The Morgan fingerprint density at radius 2 is 1.94 bits per heavy atom. The van der Waals surface area contributed by atoms with E-state index in [0.717, 1.165) is 25.4 Å². The molecule has 4 saturated heterocycles. The summed E-state index contributed by atoms with van der Waals surface area (Å²) in [6, 6.07) is 0.663. The van der Waals surface area contributed by atoms with Gasteiger partial charge >= 0.3 is 5.97 Å². The average molecular weight is 224 g/mol. The van der Waals surface area contributed by atoms with Gasteiger partial charge in [-0.15, -0.1) is 0 Å². The molecule has 0 aliphatic carbocycles. The number of likely N-dealkylation sites (tertiary alicyclic amines) is 1. The van der Waals surface area contributed by atoms with Crippen LogP contribution in [0.15, 0.2) is 0 Å². The van der Waals surface area contributed by atoms with E-state index in [0.29, 0.717) is 6.04 Å². The average Bonchev–Trinajstić information content (AvgIpc) is 2.29. The van der Waals surface area contributed by atoms with Crippen LogP contribution in [0, 0.1) is 5.92 Å². The minimum absolute atomic E-state index is 0.0392. The van der Waals surface area contributed by atoms with Crippen molar-refractivity contribution in [3.63, 3.8) is 0 Å². The number of carbonyl (C=O) groups excluding carboxylic acids is 1. The van der Waals surface area contributed by atoms with E-state index in [-0.39, 0.29) is 12.0 Å². The third kappa shape index (κ3) is 1.55. The van der Waals surface area contributed by atoms with Crippen LogP contribution >= 0.6 is 0 Å². The Morgan fingerprint density at radius 1 is 1.19 bits per heavy atom. The van der Waals surface area contributed by atoms with Gasteiger partial charge in [0.15, 0.2) is 0 Å². The van der Waals surface area contributed by atoms with Gasteiger partial charge in [0.25, 0.3) is 0 Å². The van der Waals surface area contributed by atoms with Crippen molar-refractivity contribution in [2.24, 2.45) is 5.92 Å². The lowest BCUT2D eigenvalue weighted by molar-refractivity contribution is -0.157. The van der Waals surface area contributed by atoms with Crippen molar-refractivity contribution in [2.75, 3.05) is 33.3 Å². The van der Waals surface area contributed by atoms with Crippen LogP contribution in [0.25, 0.3) is 0 Å². The van der Waals surface area contributed by atoms with Gasteiger partial charge in [0.1, 0.15) is 6.04 Å². The Hall–Kier alpha value is -0.610. The van der Waals surface area contributed by atoms with Crippen LogP contribution in [0.5, 0.6) is 0 Å². The first kappa shape index (κ1) is 10.5. The number of ether oxygens (including phenoxy) is 1. The van der Waals surface area contributed by atoms with Crippen molar-refractivity contribution in [2.45, 2.75) is 31.3 Å². The van der Waals surface area contributed by atoms with Crippen molar-refractivity contribution in [1.82, 2.24) is 9.80 Å². The topological polar surface area (TPSA) is 32.8 Å². The standard InChI is InChI=1S/C12H20N2O2/c1-16-12(15)10-4-7-14(10)11-8-13-5-2-9(11)3-6-13/h9-11H,2-8H2,1H3. The molecular weight excluding hydrogens is 204 g/mol. The first-order valence-corrected chi connectivity index (χ1v) is 6.35. The molecule has 4 rings (SSSR count). The number of esters is 1. The molecule has 4 heterocycles. The molecule has 4 aliphatic heterocycles. The number of methoxy groups -OCH3 is 1. The fourth-order valence-electron chi connectivity index (χ4n) is 3.50. The first-order valence-electron chi connectivity index (χ1n) is 6.35. The highest BCUT2D eigenvalue weighted by Crippen LogP contribution is 2.35. The van der Waals surface area contributed by atoms with Gasteiger partial charge in [-0.05, 0) is 38.3 Å². The SMILES string of the molecule is COC(=O)C1CCN1C1CN2CCC1CC2.